The van der Waals surface area contributed by atoms with E-state index in [1.54, 1.807) is 0 Å². The third kappa shape index (κ3) is 3.07. The first-order chi connectivity index (χ1) is 11.6. The lowest BCUT2D eigenvalue weighted by Gasteiger charge is -2.16. The zero-order valence-electron chi connectivity index (χ0n) is 14.2. The minimum absolute atomic E-state index is 0.177. The van der Waals surface area contributed by atoms with Gasteiger partial charge in [0.05, 0.1) is 5.69 Å². The molecule has 24 heavy (non-hydrogen) atoms. The zero-order chi connectivity index (χ0) is 16.7. The van der Waals surface area contributed by atoms with Gasteiger partial charge in [0.15, 0.2) is 5.82 Å². The molecule has 1 saturated carbocycles. The summed E-state index contributed by atoms with van der Waals surface area (Å²) in [7, 11) is 0. The molecule has 0 radical (unpaired) electrons. The lowest BCUT2D eigenvalue weighted by Crippen LogP contribution is -2.29. The van der Waals surface area contributed by atoms with Gasteiger partial charge in [-0.15, -0.1) is 0 Å². The number of aromatic nitrogens is 4. The fourth-order valence-corrected chi connectivity index (χ4v) is 3.37. The zero-order valence-corrected chi connectivity index (χ0v) is 14.2. The molecule has 1 atom stereocenters. The summed E-state index contributed by atoms with van der Waals surface area (Å²) >= 11 is 0. The Kier molecular flexibility index (Phi) is 3.86. The van der Waals surface area contributed by atoms with Crippen molar-refractivity contribution in [3.8, 4) is 0 Å². The molecule has 2 aliphatic rings. The van der Waals surface area contributed by atoms with Crippen LogP contribution in [0.2, 0.25) is 0 Å². The molecule has 0 aromatic carbocycles. The van der Waals surface area contributed by atoms with Gasteiger partial charge in [0.2, 0.25) is 11.8 Å². The van der Waals surface area contributed by atoms with Gasteiger partial charge in [0, 0.05) is 43.6 Å². The molecule has 2 fully saturated rings. The summed E-state index contributed by atoms with van der Waals surface area (Å²) in [5.74, 6) is 2.41. The molecule has 2 aromatic rings. The topological polar surface area (TPSA) is 77.0 Å². The Hall–Kier alpha value is -2.18. The van der Waals surface area contributed by atoms with E-state index in [1.807, 2.05) is 29.5 Å². The van der Waals surface area contributed by atoms with E-state index < -0.39 is 0 Å². The summed E-state index contributed by atoms with van der Waals surface area (Å²) in [6.45, 7) is 6.09. The molecule has 3 heterocycles. The maximum Gasteiger partial charge on any atom is 0.229 e. The minimum atomic E-state index is 0.177. The summed E-state index contributed by atoms with van der Waals surface area (Å²) in [5.41, 5.74) is 2.09. The largest absolute Gasteiger partial charge is 0.342 e. The molecule has 0 N–H and O–H groups in total. The molecule has 0 bridgehead atoms. The van der Waals surface area contributed by atoms with E-state index in [2.05, 4.69) is 15.2 Å². The lowest BCUT2D eigenvalue weighted by molar-refractivity contribution is -0.130. The number of nitrogens with zero attached hydrogens (tertiary/aromatic N) is 5. The Morgan fingerprint density at radius 2 is 2.12 bits per heavy atom. The number of hydrogen-bond donors (Lipinski definition) is 0. The van der Waals surface area contributed by atoms with Crippen LogP contribution in [0.4, 0.5) is 0 Å². The van der Waals surface area contributed by atoms with E-state index in [4.69, 9.17) is 4.52 Å². The normalized spacial score (nSPS) is 20.8. The first-order valence-corrected chi connectivity index (χ1v) is 8.72. The predicted octanol–water partition coefficient (Wildman–Crippen LogP) is 2.17. The molecule has 7 nitrogen and oxygen atoms in total. The van der Waals surface area contributed by atoms with Crippen molar-refractivity contribution in [2.45, 2.75) is 57.9 Å². The van der Waals surface area contributed by atoms with Crippen molar-refractivity contribution in [3.63, 3.8) is 0 Å². The van der Waals surface area contributed by atoms with Crippen molar-refractivity contribution < 1.29 is 9.32 Å². The second-order valence-electron chi connectivity index (χ2n) is 6.99. The minimum Gasteiger partial charge on any atom is -0.342 e. The molecule has 128 valence electrons. The Bertz CT molecular complexity index is 746. The van der Waals surface area contributed by atoms with Crippen molar-refractivity contribution in [2.24, 2.45) is 0 Å². The highest BCUT2D eigenvalue weighted by molar-refractivity contribution is 5.76. The highest BCUT2D eigenvalue weighted by atomic mass is 16.5. The first-order valence-electron chi connectivity index (χ1n) is 8.72. The molecule has 1 saturated heterocycles. The monoisotopic (exact) mass is 329 g/mol. The van der Waals surface area contributed by atoms with Gasteiger partial charge in [-0.2, -0.15) is 10.1 Å². The van der Waals surface area contributed by atoms with Crippen LogP contribution >= 0.6 is 0 Å². The van der Waals surface area contributed by atoms with E-state index in [-0.39, 0.29) is 11.8 Å². The average Bonchev–Trinajstić information content (AvgIpc) is 2.99. The summed E-state index contributed by atoms with van der Waals surface area (Å²) < 4.78 is 7.25. The van der Waals surface area contributed by atoms with Crippen LogP contribution in [0.15, 0.2) is 10.6 Å². The standard InChI is InChI=1S/C17H23N5O2/c1-11-9-12(2)22(19-11)8-6-15(23)21-7-5-14(10-21)16-18-17(24-20-16)13-3-4-13/h9,13-14H,3-8,10H2,1-2H3. The van der Waals surface area contributed by atoms with Gasteiger partial charge < -0.3 is 9.42 Å². The molecule has 0 spiro atoms. The maximum atomic E-state index is 12.5. The van der Waals surface area contributed by atoms with Crippen LogP contribution in [0.1, 0.15) is 60.6 Å². The smallest absolute Gasteiger partial charge is 0.229 e. The highest BCUT2D eigenvalue weighted by Gasteiger charge is 2.34. The summed E-state index contributed by atoms with van der Waals surface area (Å²) in [5, 5.41) is 8.53. The van der Waals surface area contributed by atoms with Gasteiger partial charge in [0.1, 0.15) is 0 Å². The molecule has 4 rings (SSSR count). The van der Waals surface area contributed by atoms with Crippen LogP contribution in [-0.4, -0.2) is 43.8 Å². The molecular formula is C17H23N5O2. The number of carbonyl (C=O) groups excluding carboxylic acids is 1. The van der Waals surface area contributed by atoms with E-state index in [0.29, 0.717) is 25.4 Å². The van der Waals surface area contributed by atoms with Crippen LogP contribution in [0, 0.1) is 13.8 Å². The van der Waals surface area contributed by atoms with E-state index in [0.717, 1.165) is 48.9 Å². The van der Waals surface area contributed by atoms with Crippen LogP contribution < -0.4 is 0 Å². The number of carbonyl (C=O) groups is 1. The number of hydrogen-bond acceptors (Lipinski definition) is 5. The Balaban J connectivity index is 1.32. The molecule has 7 heteroatoms. The van der Waals surface area contributed by atoms with E-state index in [1.165, 1.54) is 0 Å². The van der Waals surface area contributed by atoms with Gasteiger partial charge in [-0.1, -0.05) is 5.16 Å². The predicted molar refractivity (Wildman–Crippen MR) is 86.5 cm³/mol. The molecule has 2 aromatic heterocycles. The summed E-state index contributed by atoms with van der Waals surface area (Å²) in [6, 6.07) is 2.03. The van der Waals surface area contributed by atoms with Crippen LogP contribution in [0.5, 0.6) is 0 Å². The third-order valence-corrected chi connectivity index (χ3v) is 4.93. The van der Waals surface area contributed by atoms with Crippen LogP contribution in [-0.2, 0) is 11.3 Å². The Morgan fingerprint density at radius 3 is 2.83 bits per heavy atom. The maximum absolute atomic E-state index is 12.5. The van der Waals surface area contributed by atoms with Crippen molar-refractivity contribution in [1.82, 2.24) is 24.8 Å². The molecule has 1 amide bonds. The van der Waals surface area contributed by atoms with E-state index >= 15 is 0 Å². The number of rotatable bonds is 5. The van der Waals surface area contributed by atoms with Crippen molar-refractivity contribution in [2.75, 3.05) is 13.1 Å². The van der Waals surface area contributed by atoms with Gasteiger partial charge in [0.25, 0.3) is 0 Å². The lowest BCUT2D eigenvalue weighted by atomic mass is 10.1. The van der Waals surface area contributed by atoms with Gasteiger partial charge in [-0.3, -0.25) is 9.48 Å². The number of aryl methyl sites for hydroxylation is 3. The fraction of sp³-hybridized carbons (Fsp3) is 0.647. The molecular weight excluding hydrogens is 306 g/mol. The Morgan fingerprint density at radius 1 is 1.29 bits per heavy atom. The summed E-state index contributed by atoms with van der Waals surface area (Å²) in [6.07, 6.45) is 3.70. The summed E-state index contributed by atoms with van der Waals surface area (Å²) in [4.78, 5) is 18.9. The first kappa shape index (κ1) is 15.4. The quantitative estimate of drug-likeness (QED) is 0.840. The van der Waals surface area contributed by atoms with Gasteiger partial charge >= 0.3 is 0 Å². The van der Waals surface area contributed by atoms with Crippen molar-refractivity contribution in [3.05, 3.63) is 29.2 Å². The van der Waals surface area contributed by atoms with Gasteiger partial charge in [-0.05, 0) is 39.2 Å². The molecule has 1 unspecified atom stereocenters. The molecule has 1 aliphatic heterocycles. The van der Waals surface area contributed by atoms with Gasteiger partial charge in [-0.25, -0.2) is 0 Å². The average molecular weight is 329 g/mol. The van der Waals surface area contributed by atoms with E-state index in [9.17, 15) is 4.79 Å². The van der Waals surface area contributed by atoms with Crippen molar-refractivity contribution >= 4 is 5.91 Å². The third-order valence-electron chi connectivity index (χ3n) is 4.93. The van der Waals surface area contributed by atoms with Crippen LogP contribution in [0.25, 0.3) is 0 Å². The highest BCUT2D eigenvalue weighted by Crippen LogP contribution is 2.39. The van der Waals surface area contributed by atoms with Crippen molar-refractivity contribution in [1.29, 1.82) is 0 Å². The van der Waals surface area contributed by atoms with Crippen LogP contribution in [0.3, 0.4) is 0 Å². The SMILES string of the molecule is Cc1cc(C)n(CCC(=O)N2CCC(c3noc(C4CC4)n3)C2)n1. The fourth-order valence-electron chi connectivity index (χ4n) is 3.37. The Labute approximate surface area is 141 Å². The second-order valence-corrected chi connectivity index (χ2v) is 6.99. The number of likely N-dealkylation sites (tertiary alicyclic amines) is 1. The molecule has 1 aliphatic carbocycles. The second kappa shape index (κ2) is 6.03. The number of amides is 1.